The van der Waals surface area contributed by atoms with Crippen molar-refractivity contribution >= 4 is 16.7 Å². The first-order chi connectivity index (χ1) is 8.34. The molecule has 0 saturated carbocycles. The predicted molar refractivity (Wildman–Crippen MR) is 68.8 cm³/mol. The van der Waals surface area contributed by atoms with Gasteiger partial charge in [0.2, 0.25) is 0 Å². The third-order valence-corrected chi connectivity index (χ3v) is 3.31. The number of anilines is 1. The van der Waals surface area contributed by atoms with Crippen LogP contribution >= 0.6 is 0 Å². The van der Waals surface area contributed by atoms with Gasteiger partial charge in [-0.1, -0.05) is 6.07 Å². The predicted octanol–water partition coefficient (Wildman–Crippen LogP) is 1.42. The van der Waals surface area contributed by atoms with Gasteiger partial charge in [-0.3, -0.25) is 4.90 Å². The molecule has 90 valence electrons. The molecule has 0 bridgehead atoms. The highest BCUT2D eigenvalue weighted by molar-refractivity contribution is 5.92. The van der Waals surface area contributed by atoms with Gasteiger partial charge in [-0.15, -0.1) is 0 Å². The average molecular weight is 231 g/mol. The van der Waals surface area contributed by atoms with E-state index in [1.54, 1.807) is 0 Å². The molecule has 0 atom stereocenters. The number of nitrogen functional groups attached to an aromatic ring is 1. The Morgan fingerprint density at radius 3 is 2.94 bits per heavy atom. The molecular weight excluding hydrogens is 214 g/mol. The molecule has 0 radical (unpaired) electrons. The highest BCUT2D eigenvalue weighted by Crippen LogP contribution is 2.27. The fraction of sp³-hybridized carbons (Fsp3) is 0.385. The van der Waals surface area contributed by atoms with Gasteiger partial charge < -0.3 is 15.5 Å². The number of fused-ring (bicyclic) bond motifs is 1. The van der Waals surface area contributed by atoms with Crippen molar-refractivity contribution in [1.29, 1.82) is 0 Å². The van der Waals surface area contributed by atoms with E-state index in [0.29, 0.717) is 0 Å². The maximum absolute atomic E-state index is 6.02. The molecule has 3 rings (SSSR count). The SMILES string of the molecule is Nc1cccc2occ(CN3CCNCC3)c12. The Morgan fingerprint density at radius 2 is 2.12 bits per heavy atom. The molecule has 1 aliphatic rings. The highest BCUT2D eigenvalue weighted by atomic mass is 16.3. The van der Waals surface area contributed by atoms with Crippen LogP contribution in [0.3, 0.4) is 0 Å². The van der Waals surface area contributed by atoms with E-state index in [2.05, 4.69) is 10.2 Å². The third-order valence-electron chi connectivity index (χ3n) is 3.31. The van der Waals surface area contributed by atoms with Crippen LogP contribution in [0.15, 0.2) is 28.9 Å². The standard InChI is InChI=1S/C13H17N3O/c14-11-2-1-3-12-13(11)10(9-17-12)8-16-6-4-15-5-7-16/h1-3,9,15H,4-8,14H2. The second-order valence-corrected chi connectivity index (χ2v) is 4.51. The van der Waals surface area contributed by atoms with E-state index in [1.165, 1.54) is 5.56 Å². The van der Waals surface area contributed by atoms with Crippen LogP contribution < -0.4 is 11.1 Å². The largest absolute Gasteiger partial charge is 0.464 e. The monoisotopic (exact) mass is 231 g/mol. The van der Waals surface area contributed by atoms with Crippen molar-refractivity contribution < 1.29 is 4.42 Å². The summed E-state index contributed by atoms with van der Waals surface area (Å²) in [5.41, 5.74) is 8.90. The van der Waals surface area contributed by atoms with Crippen molar-refractivity contribution in [3.8, 4) is 0 Å². The topological polar surface area (TPSA) is 54.4 Å². The molecule has 0 amide bonds. The van der Waals surface area contributed by atoms with Gasteiger partial charge in [0.05, 0.1) is 6.26 Å². The Morgan fingerprint density at radius 1 is 1.29 bits per heavy atom. The fourth-order valence-corrected chi connectivity index (χ4v) is 2.41. The lowest BCUT2D eigenvalue weighted by Gasteiger charge is -2.26. The van der Waals surface area contributed by atoms with E-state index in [9.17, 15) is 0 Å². The maximum Gasteiger partial charge on any atom is 0.136 e. The summed E-state index contributed by atoms with van der Waals surface area (Å²) >= 11 is 0. The Labute approximate surface area is 100 Å². The average Bonchev–Trinajstić information content (AvgIpc) is 2.75. The van der Waals surface area contributed by atoms with Crippen LogP contribution in [0.2, 0.25) is 0 Å². The third kappa shape index (κ3) is 2.01. The van der Waals surface area contributed by atoms with Gasteiger partial charge in [-0.25, -0.2) is 0 Å². The molecule has 0 aliphatic carbocycles. The molecule has 4 nitrogen and oxygen atoms in total. The van der Waals surface area contributed by atoms with Gasteiger partial charge in [0, 0.05) is 49.4 Å². The van der Waals surface area contributed by atoms with E-state index >= 15 is 0 Å². The minimum absolute atomic E-state index is 0.807. The quantitative estimate of drug-likeness (QED) is 0.768. The fourth-order valence-electron chi connectivity index (χ4n) is 2.41. The van der Waals surface area contributed by atoms with Crippen LogP contribution in [0, 0.1) is 0 Å². The summed E-state index contributed by atoms with van der Waals surface area (Å²) < 4.78 is 5.55. The van der Waals surface area contributed by atoms with Crippen LogP contribution in [0.1, 0.15) is 5.56 Å². The highest BCUT2D eigenvalue weighted by Gasteiger charge is 2.14. The molecule has 1 aliphatic heterocycles. The zero-order valence-corrected chi connectivity index (χ0v) is 9.78. The summed E-state index contributed by atoms with van der Waals surface area (Å²) in [6, 6.07) is 5.82. The number of hydrogen-bond acceptors (Lipinski definition) is 4. The van der Waals surface area contributed by atoms with Crippen molar-refractivity contribution in [3.05, 3.63) is 30.0 Å². The van der Waals surface area contributed by atoms with Gasteiger partial charge in [-0.2, -0.15) is 0 Å². The molecule has 3 N–H and O–H groups in total. The van der Waals surface area contributed by atoms with Crippen molar-refractivity contribution in [1.82, 2.24) is 10.2 Å². The molecule has 0 spiro atoms. The van der Waals surface area contributed by atoms with Crippen LogP contribution in [0.5, 0.6) is 0 Å². The van der Waals surface area contributed by atoms with Gasteiger partial charge >= 0.3 is 0 Å². The molecule has 0 unspecified atom stereocenters. The van der Waals surface area contributed by atoms with Gasteiger partial charge in [-0.05, 0) is 12.1 Å². The summed E-state index contributed by atoms with van der Waals surface area (Å²) in [5.74, 6) is 0. The number of nitrogens with zero attached hydrogens (tertiary/aromatic N) is 1. The number of piperazine rings is 1. The Bertz CT molecular complexity index is 514. The lowest BCUT2D eigenvalue weighted by atomic mass is 10.1. The summed E-state index contributed by atoms with van der Waals surface area (Å²) in [7, 11) is 0. The molecule has 1 aromatic heterocycles. The summed E-state index contributed by atoms with van der Waals surface area (Å²) in [4.78, 5) is 2.42. The van der Waals surface area contributed by atoms with Crippen LogP contribution in [-0.4, -0.2) is 31.1 Å². The van der Waals surface area contributed by atoms with Gasteiger partial charge in [0.25, 0.3) is 0 Å². The van der Waals surface area contributed by atoms with E-state index in [4.69, 9.17) is 10.2 Å². The second kappa shape index (κ2) is 4.39. The molecular formula is C13H17N3O. The van der Waals surface area contributed by atoms with E-state index < -0.39 is 0 Å². The molecule has 17 heavy (non-hydrogen) atoms. The van der Waals surface area contributed by atoms with Gasteiger partial charge in [0.15, 0.2) is 0 Å². The number of furan rings is 1. The van der Waals surface area contributed by atoms with E-state index in [-0.39, 0.29) is 0 Å². The first-order valence-corrected chi connectivity index (χ1v) is 6.02. The second-order valence-electron chi connectivity index (χ2n) is 4.51. The lowest BCUT2D eigenvalue weighted by Crippen LogP contribution is -2.42. The molecule has 1 saturated heterocycles. The van der Waals surface area contributed by atoms with E-state index in [1.807, 2.05) is 24.5 Å². The summed E-state index contributed by atoms with van der Waals surface area (Å²) in [6.07, 6.45) is 1.84. The molecule has 4 heteroatoms. The van der Waals surface area contributed by atoms with Crippen molar-refractivity contribution in [2.45, 2.75) is 6.54 Å². The molecule has 1 aromatic carbocycles. The zero-order valence-electron chi connectivity index (χ0n) is 9.78. The molecule has 2 aromatic rings. The molecule has 2 heterocycles. The summed E-state index contributed by atoms with van der Waals surface area (Å²) in [6.45, 7) is 5.21. The minimum Gasteiger partial charge on any atom is -0.464 e. The van der Waals surface area contributed by atoms with Crippen molar-refractivity contribution in [3.63, 3.8) is 0 Å². The first kappa shape index (κ1) is 10.6. The van der Waals surface area contributed by atoms with Crippen LogP contribution in [0.25, 0.3) is 11.0 Å². The Balaban J connectivity index is 1.89. The Hall–Kier alpha value is -1.52. The maximum atomic E-state index is 6.02. The normalized spacial score (nSPS) is 17.6. The lowest BCUT2D eigenvalue weighted by molar-refractivity contribution is 0.233. The minimum atomic E-state index is 0.807. The number of benzene rings is 1. The van der Waals surface area contributed by atoms with Gasteiger partial charge in [0.1, 0.15) is 5.58 Å². The Kier molecular flexibility index (Phi) is 2.74. The zero-order chi connectivity index (χ0) is 11.7. The van der Waals surface area contributed by atoms with Crippen LogP contribution in [-0.2, 0) is 6.54 Å². The van der Waals surface area contributed by atoms with E-state index in [0.717, 1.165) is 49.4 Å². The van der Waals surface area contributed by atoms with Crippen molar-refractivity contribution in [2.24, 2.45) is 0 Å². The number of nitrogens with two attached hydrogens (primary N) is 1. The van der Waals surface area contributed by atoms with Crippen LogP contribution in [0.4, 0.5) is 5.69 Å². The first-order valence-electron chi connectivity index (χ1n) is 6.02. The number of nitrogens with one attached hydrogen (secondary N) is 1. The number of hydrogen-bond donors (Lipinski definition) is 2. The molecule has 1 fully saturated rings. The smallest absolute Gasteiger partial charge is 0.136 e. The number of rotatable bonds is 2. The van der Waals surface area contributed by atoms with Crippen molar-refractivity contribution in [2.75, 3.05) is 31.9 Å². The summed E-state index contributed by atoms with van der Waals surface area (Å²) in [5, 5.41) is 4.43.